The summed E-state index contributed by atoms with van der Waals surface area (Å²) in [5.74, 6) is 2.55. The van der Waals surface area contributed by atoms with Crippen molar-refractivity contribution in [3.05, 3.63) is 24.5 Å². The van der Waals surface area contributed by atoms with Gasteiger partial charge in [0.05, 0.1) is 16.2 Å². The Kier molecular flexibility index (Phi) is 6.54. The van der Waals surface area contributed by atoms with Crippen LogP contribution in [0, 0.1) is 0 Å². The molecule has 0 aromatic carbocycles. The van der Waals surface area contributed by atoms with Crippen molar-refractivity contribution >= 4 is 50.0 Å². The van der Waals surface area contributed by atoms with Gasteiger partial charge in [-0.05, 0) is 38.7 Å². The zero-order valence-electron chi connectivity index (χ0n) is 20.9. The van der Waals surface area contributed by atoms with E-state index in [0.717, 1.165) is 23.7 Å². The number of rotatable bonds is 7. The second-order valence-electron chi connectivity index (χ2n) is 9.64. The van der Waals surface area contributed by atoms with Gasteiger partial charge in [0, 0.05) is 56.8 Å². The van der Waals surface area contributed by atoms with E-state index in [2.05, 4.69) is 34.1 Å². The Morgan fingerprint density at radius 1 is 1.17 bits per heavy atom. The molecule has 5 heterocycles. The number of aromatic nitrogens is 5. The SMILES string of the molecule is CCC(C)n1nc(N2CCCC2=O)c2cnc(Nc3ccnc(N4CCC(S(C)(=O)=O)CC4)n3)cc21. The quantitative estimate of drug-likeness (QED) is 0.508. The summed E-state index contributed by atoms with van der Waals surface area (Å²) in [7, 11) is -3.03. The number of nitrogens with one attached hydrogen (secondary N) is 1. The van der Waals surface area contributed by atoms with Gasteiger partial charge in [-0.3, -0.25) is 14.4 Å². The number of piperidine rings is 1. The molecule has 1 atom stereocenters. The monoisotopic (exact) mass is 512 g/mol. The molecular weight excluding hydrogens is 480 g/mol. The maximum absolute atomic E-state index is 12.4. The van der Waals surface area contributed by atoms with E-state index >= 15 is 0 Å². The summed E-state index contributed by atoms with van der Waals surface area (Å²) in [5.41, 5.74) is 0.911. The van der Waals surface area contributed by atoms with Gasteiger partial charge in [0.1, 0.15) is 21.5 Å². The van der Waals surface area contributed by atoms with Gasteiger partial charge in [0.25, 0.3) is 0 Å². The molecule has 2 aliphatic rings. The normalized spacial score (nSPS) is 18.2. The van der Waals surface area contributed by atoms with Gasteiger partial charge in [-0.2, -0.15) is 10.1 Å². The minimum atomic E-state index is -3.03. The van der Waals surface area contributed by atoms with E-state index in [1.54, 1.807) is 23.4 Å². The molecule has 2 saturated heterocycles. The standard InChI is InChI=1S/C24H32N8O3S/c1-4-16(2)32-19-14-21(26-15-18(19)23(29-32)31-11-5-6-22(31)33)27-20-7-10-25-24(28-20)30-12-8-17(9-13-30)36(3,34)35/h7,10,14-17H,4-6,8-9,11-13H2,1-3H3,(H,25,26,27,28). The second kappa shape index (κ2) is 9.64. The summed E-state index contributed by atoms with van der Waals surface area (Å²) in [5, 5.41) is 8.64. The highest BCUT2D eigenvalue weighted by molar-refractivity contribution is 7.91. The van der Waals surface area contributed by atoms with Crippen molar-refractivity contribution in [1.82, 2.24) is 24.7 Å². The zero-order chi connectivity index (χ0) is 25.4. The molecule has 5 rings (SSSR count). The van der Waals surface area contributed by atoms with E-state index in [1.165, 1.54) is 6.26 Å². The van der Waals surface area contributed by atoms with Crippen molar-refractivity contribution in [2.75, 3.05) is 41.0 Å². The second-order valence-corrected chi connectivity index (χ2v) is 12.0. The highest BCUT2D eigenvalue weighted by atomic mass is 32.2. The number of hydrogen-bond acceptors (Lipinski definition) is 9. The number of hydrogen-bond donors (Lipinski definition) is 1. The van der Waals surface area contributed by atoms with Crippen molar-refractivity contribution in [3.8, 4) is 0 Å². The van der Waals surface area contributed by atoms with E-state index in [-0.39, 0.29) is 17.2 Å². The Morgan fingerprint density at radius 2 is 1.94 bits per heavy atom. The number of fused-ring (bicyclic) bond motifs is 1. The molecule has 0 bridgehead atoms. The fourth-order valence-electron chi connectivity index (χ4n) is 4.85. The van der Waals surface area contributed by atoms with Gasteiger partial charge in [0.2, 0.25) is 11.9 Å². The van der Waals surface area contributed by atoms with Crippen LogP contribution in [0.25, 0.3) is 10.9 Å². The first kappa shape index (κ1) is 24.4. The lowest BCUT2D eigenvalue weighted by atomic mass is 10.1. The third-order valence-corrected chi connectivity index (χ3v) is 8.82. The molecule has 2 aliphatic heterocycles. The molecule has 1 unspecified atom stereocenters. The number of carbonyl (C=O) groups excluding carboxylic acids is 1. The van der Waals surface area contributed by atoms with Gasteiger partial charge in [-0.15, -0.1) is 0 Å². The topological polar surface area (TPSA) is 126 Å². The summed E-state index contributed by atoms with van der Waals surface area (Å²) in [6.45, 7) is 6.09. The molecule has 1 N–H and O–H groups in total. The molecule has 0 spiro atoms. The van der Waals surface area contributed by atoms with Crippen molar-refractivity contribution in [1.29, 1.82) is 0 Å². The summed E-state index contributed by atoms with van der Waals surface area (Å²) in [4.78, 5) is 29.8. The number of pyridine rings is 1. The van der Waals surface area contributed by atoms with Gasteiger partial charge in [0.15, 0.2) is 5.82 Å². The molecule has 2 fully saturated rings. The van der Waals surface area contributed by atoms with Crippen LogP contribution >= 0.6 is 0 Å². The largest absolute Gasteiger partial charge is 0.341 e. The van der Waals surface area contributed by atoms with Crippen molar-refractivity contribution < 1.29 is 13.2 Å². The molecule has 1 amide bonds. The number of nitrogens with zero attached hydrogens (tertiary/aromatic N) is 7. The average molecular weight is 513 g/mol. The maximum Gasteiger partial charge on any atom is 0.228 e. The summed E-state index contributed by atoms with van der Waals surface area (Å²) in [6.07, 6.45) is 8.18. The van der Waals surface area contributed by atoms with E-state index in [4.69, 9.17) is 5.10 Å². The molecule has 3 aromatic rings. The molecule has 3 aromatic heterocycles. The van der Waals surface area contributed by atoms with Gasteiger partial charge < -0.3 is 10.2 Å². The average Bonchev–Trinajstić information content (AvgIpc) is 3.46. The molecule has 0 saturated carbocycles. The summed E-state index contributed by atoms with van der Waals surface area (Å²) in [6, 6.07) is 3.88. The van der Waals surface area contributed by atoms with E-state index in [9.17, 15) is 13.2 Å². The van der Waals surface area contributed by atoms with Crippen LogP contribution in [0.2, 0.25) is 0 Å². The van der Waals surface area contributed by atoms with Crippen molar-refractivity contribution in [3.63, 3.8) is 0 Å². The van der Waals surface area contributed by atoms with Crippen LogP contribution in [-0.2, 0) is 14.6 Å². The highest BCUT2D eigenvalue weighted by Gasteiger charge is 2.29. The lowest BCUT2D eigenvalue weighted by molar-refractivity contribution is -0.117. The molecular formula is C24H32N8O3S. The van der Waals surface area contributed by atoms with Gasteiger partial charge in [-0.1, -0.05) is 6.92 Å². The lowest BCUT2D eigenvalue weighted by Gasteiger charge is -2.31. The first-order valence-electron chi connectivity index (χ1n) is 12.5. The van der Waals surface area contributed by atoms with E-state index < -0.39 is 9.84 Å². The lowest BCUT2D eigenvalue weighted by Crippen LogP contribution is -2.39. The van der Waals surface area contributed by atoms with Crippen LogP contribution in [0.5, 0.6) is 0 Å². The maximum atomic E-state index is 12.4. The van der Waals surface area contributed by atoms with Crippen LogP contribution in [-0.4, -0.2) is 70.2 Å². The number of anilines is 4. The fraction of sp³-hybridized carbons (Fsp3) is 0.542. The van der Waals surface area contributed by atoms with Crippen molar-refractivity contribution in [2.24, 2.45) is 0 Å². The number of carbonyl (C=O) groups is 1. The van der Waals surface area contributed by atoms with Gasteiger partial charge in [-0.25, -0.2) is 18.4 Å². The van der Waals surface area contributed by atoms with Crippen LogP contribution < -0.4 is 15.1 Å². The fourth-order valence-corrected chi connectivity index (χ4v) is 5.92. The van der Waals surface area contributed by atoms with Gasteiger partial charge >= 0.3 is 0 Å². The highest BCUT2D eigenvalue weighted by Crippen LogP contribution is 2.33. The zero-order valence-corrected chi connectivity index (χ0v) is 21.7. The molecule has 0 aliphatic carbocycles. The van der Waals surface area contributed by atoms with Crippen LogP contribution in [0.1, 0.15) is 52.0 Å². The predicted molar refractivity (Wildman–Crippen MR) is 140 cm³/mol. The Hall–Kier alpha value is -3.28. The van der Waals surface area contributed by atoms with Crippen molar-refractivity contribution in [2.45, 2.75) is 57.2 Å². The molecule has 12 heteroatoms. The third kappa shape index (κ3) is 4.73. The molecule has 0 radical (unpaired) electrons. The van der Waals surface area contributed by atoms with Crippen LogP contribution in [0.4, 0.5) is 23.4 Å². The number of sulfone groups is 1. The van der Waals surface area contributed by atoms with E-state index in [0.29, 0.717) is 62.3 Å². The first-order valence-corrected chi connectivity index (χ1v) is 14.4. The minimum Gasteiger partial charge on any atom is -0.341 e. The predicted octanol–water partition coefficient (Wildman–Crippen LogP) is 3.08. The number of amides is 1. The Labute approximate surface area is 210 Å². The summed E-state index contributed by atoms with van der Waals surface area (Å²) < 4.78 is 25.7. The Morgan fingerprint density at radius 3 is 2.61 bits per heavy atom. The van der Waals surface area contributed by atoms with E-state index in [1.807, 2.05) is 15.6 Å². The first-order chi connectivity index (χ1) is 17.2. The minimum absolute atomic E-state index is 0.0991. The van der Waals surface area contributed by atoms with Crippen LogP contribution in [0.15, 0.2) is 24.5 Å². The summed E-state index contributed by atoms with van der Waals surface area (Å²) >= 11 is 0. The van der Waals surface area contributed by atoms with Crippen LogP contribution in [0.3, 0.4) is 0 Å². The third-order valence-electron chi connectivity index (χ3n) is 7.14. The molecule has 192 valence electrons. The smallest absolute Gasteiger partial charge is 0.228 e. The Balaban J connectivity index is 1.40. The Bertz CT molecular complexity index is 1380. The molecule has 11 nitrogen and oxygen atoms in total. The molecule has 36 heavy (non-hydrogen) atoms.